The molecule has 0 bridgehead atoms. The molecule has 0 aliphatic carbocycles. The van der Waals surface area contributed by atoms with Crippen LogP contribution in [0.25, 0.3) is 0 Å². The number of carbonyl (C=O) groups is 3. The van der Waals surface area contributed by atoms with Gasteiger partial charge in [-0.1, -0.05) is 0 Å². The lowest BCUT2D eigenvalue weighted by molar-refractivity contribution is -0.142. The Labute approximate surface area is 153 Å². The summed E-state index contributed by atoms with van der Waals surface area (Å²) in [4.78, 5) is 38.3. The number of carbonyl (C=O) groups excluding carboxylic acids is 3. The third kappa shape index (κ3) is 5.00. The molecule has 0 radical (unpaired) electrons. The van der Waals surface area contributed by atoms with Crippen LogP contribution in [0.2, 0.25) is 0 Å². The van der Waals surface area contributed by atoms with Crippen LogP contribution in [0.4, 0.5) is 4.79 Å². The predicted molar refractivity (Wildman–Crippen MR) is 94.1 cm³/mol. The molecule has 1 saturated heterocycles. The zero-order chi connectivity index (χ0) is 19.2. The van der Waals surface area contributed by atoms with Crippen molar-refractivity contribution >= 4 is 17.9 Å². The Morgan fingerprint density at radius 1 is 1.27 bits per heavy atom. The van der Waals surface area contributed by atoms with Gasteiger partial charge >= 0.3 is 6.09 Å². The second-order valence-electron chi connectivity index (χ2n) is 6.82. The number of nitrogens with zero attached hydrogens (tertiary/aromatic N) is 1. The Kier molecular flexibility index (Phi) is 6.65. The standard InChI is InChI=1S/C18H27N3O5/c1-4-25-17(24)21-9-7-13(8-10-21)20-16(23)18(2,3)15(22)19-12-14-6-5-11-26-14/h5-6,11,13H,4,7-10,12H2,1-3H3,(H,19,22)(H,20,23). The smallest absolute Gasteiger partial charge is 0.409 e. The molecule has 1 aromatic heterocycles. The van der Waals surface area contributed by atoms with Crippen molar-refractivity contribution in [2.75, 3.05) is 19.7 Å². The van der Waals surface area contributed by atoms with Gasteiger partial charge in [0.1, 0.15) is 11.2 Å². The van der Waals surface area contributed by atoms with Gasteiger partial charge in [-0.15, -0.1) is 0 Å². The van der Waals surface area contributed by atoms with E-state index in [2.05, 4.69) is 10.6 Å². The van der Waals surface area contributed by atoms with E-state index in [0.29, 0.717) is 38.3 Å². The largest absolute Gasteiger partial charge is 0.467 e. The first kappa shape index (κ1) is 19.8. The highest BCUT2D eigenvalue weighted by Gasteiger charge is 2.37. The van der Waals surface area contributed by atoms with Gasteiger partial charge in [0, 0.05) is 19.1 Å². The fraction of sp³-hybridized carbons (Fsp3) is 0.611. The lowest BCUT2D eigenvalue weighted by Gasteiger charge is -2.33. The molecule has 0 atom stereocenters. The molecule has 8 heteroatoms. The highest BCUT2D eigenvalue weighted by Crippen LogP contribution is 2.19. The predicted octanol–water partition coefficient (Wildman–Crippen LogP) is 1.66. The summed E-state index contributed by atoms with van der Waals surface area (Å²) in [5.74, 6) is -0.0692. The molecule has 2 rings (SSSR count). The molecule has 1 fully saturated rings. The second-order valence-corrected chi connectivity index (χ2v) is 6.82. The van der Waals surface area contributed by atoms with Gasteiger partial charge in [-0.3, -0.25) is 9.59 Å². The van der Waals surface area contributed by atoms with Gasteiger partial charge in [-0.05, 0) is 45.7 Å². The summed E-state index contributed by atoms with van der Waals surface area (Å²) in [5.41, 5.74) is -1.20. The van der Waals surface area contributed by atoms with E-state index in [1.54, 1.807) is 37.8 Å². The molecule has 1 aliphatic rings. The van der Waals surface area contributed by atoms with Crippen LogP contribution in [0, 0.1) is 5.41 Å². The topological polar surface area (TPSA) is 101 Å². The minimum absolute atomic E-state index is 0.0645. The zero-order valence-corrected chi connectivity index (χ0v) is 15.5. The molecule has 0 spiro atoms. The molecule has 144 valence electrons. The SMILES string of the molecule is CCOC(=O)N1CCC(NC(=O)C(C)(C)C(=O)NCc2ccco2)CC1. The van der Waals surface area contributed by atoms with Crippen molar-refractivity contribution in [3.05, 3.63) is 24.2 Å². The Bertz CT molecular complexity index is 619. The molecule has 1 aliphatic heterocycles. The van der Waals surface area contributed by atoms with Gasteiger partial charge < -0.3 is 24.7 Å². The van der Waals surface area contributed by atoms with E-state index in [4.69, 9.17) is 9.15 Å². The first-order valence-electron chi connectivity index (χ1n) is 8.88. The van der Waals surface area contributed by atoms with Crippen molar-refractivity contribution in [1.29, 1.82) is 0 Å². The Morgan fingerprint density at radius 2 is 1.96 bits per heavy atom. The molecule has 2 N–H and O–H groups in total. The van der Waals surface area contributed by atoms with Crippen molar-refractivity contribution < 1.29 is 23.5 Å². The molecular formula is C18H27N3O5. The Morgan fingerprint density at radius 3 is 2.54 bits per heavy atom. The van der Waals surface area contributed by atoms with Crippen LogP contribution in [-0.4, -0.2) is 48.5 Å². The van der Waals surface area contributed by atoms with Gasteiger partial charge in [0.25, 0.3) is 0 Å². The summed E-state index contributed by atoms with van der Waals surface area (Å²) in [6.45, 7) is 6.58. The van der Waals surface area contributed by atoms with E-state index in [0.717, 1.165) is 0 Å². The molecule has 8 nitrogen and oxygen atoms in total. The van der Waals surface area contributed by atoms with Crippen molar-refractivity contribution in [2.45, 2.75) is 46.2 Å². The maximum atomic E-state index is 12.6. The van der Waals surface area contributed by atoms with Gasteiger partial charge in [0.15, 0.2) is 0 Å². The van der Waals surface area contributed by atoms with E-state index in [-0.39, 0.29) is 30.5 Å². The minimum Gasteiger partial charge on any atom is -0.467 e. The zero-order valence-electron chi connectivity index (χ0n) is 15.5. The van der Waals surface area contributed by atoms with Crippen LogP contribution < -0.4 is 10.6 Å². The third-order valence-corrected chi connectivity index (χ3v) is 4.49. The normalized spacial score (nSPS) is 15.4. The summed E-state index contributed by atoms with van der Waals surface area (Å²) in [6.07, 6.45) is 2.47. The number of hydrogen-bond donors (Lipinski definition) is 2. The van der Waals surface area contributed by atoms with Crippen molar-refractivity contribution in [3.8, 4) is 0 Å². The van der Waals surface area contributed by atoms with Crippen LogP contribution in [-0.2, 0) is 20.9 Å². The van der Waals surface area contributed by atoms with Crippen LogP contribution in [0.1, 0.15) is 39.4 Å². The highest BCUT2D eigenvalue weighted by molar-refractivity contribution is 6.04. The number of nitrogens with one attached hydrogen (secondary N) is 2. The number of amides is 3. The van der Waals surface area contributed by atoms with Gasteiger partial charge in [-0.25, -0.2) is 4.79 Å². The van der Waals surface area contributed by atoms with Crippen LogP contribution in [0.3, 0.4) is 0 Å². The first-order chi connectivity index (χ1) is 12.3. The number of ether oxygens (including phenoxy) is 1. The fourth-order valence-electron chi connectivity index (χ4n) is 2.69. The summed E-state index contributed by atoms with van der Waals surface area (Å²) in [5, 5.41) is 5.64. The average Bonchev–Trinajstić information content (AvgIpc) is 3.13. The molecule has 1 aromatic rings. The molecule has 0 unspecified atom stereocenters. The van der Waals surface area contributed by atoms with E-state index in [9.17, 15) is 14.4 Å². The van der Waals surface area contributed by atoms with E-state index >= 15 is 0 Å². The maximum absolute atomic E-state index is 12.6. The van der Waals surface area contributed by atoms with Crippen LogP contribution in [0.15, 0.2) is 22.8 Å². The van der Waals surface area contributed by atoms with Gasteiger partial charge in [-0.2, -0.15) is 0 Å². The third-order valence-electron chi connectivity index (χ3n) is 4.49. The lowest BCUT2D eigenvalue weighted by Crippen LogP contribution is -2.53. The van der Waals surface area contributed by atoms with E-state index in [1.807, 2.05) is 0 Å². The molecule has 0 aromatic carbocycles. The summed E-state index contributed by atoms with van der Waals surface area (Å²) >= 11 is 0. The van der Waals surface area contributed by atoms with Crippen molar-refractivity contribution in [1.82, 2.24) is 15.5 Å². The molecule has 2 heterocycles. The van der Waals surface area contributed by atoms with E-state index in [1.165, 1.54) is 6.26 Å². The Hall–Kier alpha value is -2.51. The van der Waals surface area contributed by atoms with Crippen LogP contribution in [0.5, 0.6) is 0 Å². The summed E-state index contributed by atoms with van der Waals surface area (Å²) in [6, 6.07) is 3.43. The summed E-state index contributed by atoms with van der Waals surface area (Å²) < 4.78 is 10.1. The van der Waals surface area contributed by atoms with Gasteiger partial charge in [0.05, 0.1) is 19.4 Å². The van der Waals surface area contributed by atoms with Crippen molar-refractivity contribution in [3.63, 3.8) is 0 Å². The molecule has 3 amide bonds. The number of rotatable bonds is 6. The fourth-order valence-corrected chi connectivity index (χ4v) is 2.69. The number of hydrogen-bond acceptors (Lipinski definition) is 5. The average molecular weight is 365 g/mol. The summed E-state index contributed by atoms with van der Waals surface area (Å²) in [7, 11) is 0. The lowest BCUT2D eigenvalue weighted by atomic mass is 9.90. The molecule has 26 heavy (non-hydrogen) atoms. The first-order valence-corrected chi connectivity index (χ1v) is 8.88. The van der Waals surface area contributed by atoms with Crippen LogP contribution >= 0.6 is 0 Å². The number of likely N-dealkylation sites (tertiary alicyclic amines) is 1. The van der Waals surface area contributed by atoms with E-state index < -0.39 is 5.41 Å². The minimum atomic E-state index is -1.20. The quantitative estimate of drug-likeness (QED) is 0.747. The Balaban J connectivity index is 1.80. The monoisotopic (exact) mass is 365 g/mol. The molecule has 0 saturated carbocycles. The number of piperidine rings is 1. The molecular weight excluding hydrogens is 338 g/mol. The van der Waals surface area contributed by atoms with Crippen molar-refractivity contribution in [2.24, 2.45) is 5.41 Å². The number of furan rings is 1. The van der Waals surface area contributed by atoms with Gasteiger partial charge in [0.2, 0.25) is 11.8 Å². The second kappa shape index (κ2) is 8.73. The highest BCUT2D eigenvalue weighted by atomic mass is 16.6. The maximum Gasteiger partial charge on any atom is 0.409 e.